The van der Waals surface area contributed by atoms with Crippen LogP contribution in [-0.2, 0) is 4.79 Å². The lowest BCUT2D eigenvalue weighted by atomic mass is 9.85. The Labute approximate surface area is 150 Å². The Morgan fingerprint density at radius 3 is 2.92 bits per heavy atom. The number of ketones is 1. The van der Waals surface area contributed by atoms with Gasteiger partial charge in [-0.1, -0.05) is 13.0 Å². The summed E-state index contributed by atoms with van der Waals surface area (Å²) in [6.45, 7) is 2.34. The predicted molar refractivity (Wildman–Crippen MR) is 96.4 cm³/mol. The fourth-order valence-electron chi connectivity index (χ4n) is 3.15. The van der Waals surface area contributed by atoms with Crippen molar-refractivity contribution < 1.29 is 14.5 Å². The molecule has 0 radical (unpaired) electrons. The fourth-order valence-corrected chi connectivity index (χ4v) is 3.39. The quantitative estimate of drug-likeness (QED) is 0.473. The van der Waals surface area contributed by atoms with Crippen molar-refractivity contribution in [2.45, 2.75) is 38.6 Å². The van der Waals surface area contributed by atoms with Crippen molar-refractivity contribution in [3.63, 3.8) is 0 Å². The van der Waals surface area contributed by atoms with Gasteiger partial charge < -0.3 is 15.4 Å². The minimum absolute atomic E-state index is 0.0442. The molecule has 0 bridgehead atoms. The minimum Gasteiger partial charge on any atom is -0.487 e. The first kappa shape index (κ1) is 17.3. The lowest BCUT2D eigenvalue weighted by Gasteiger charge is -2.33. The van der Waals surface area contributed by atoms with Crippen LogP contribution < -0.4 is 15.4 Å². The molecule has 0 aromatic heterocycles. The van der Waals surface area contributed by atoms with Crippen molar-refractivity contribution in [3.05, 3.63) is 45.1 Å². The van der Waals surface area contributed by atoms with Crippen LogP contribution in [0.1, 0.15) is 44.2 Å². The number of hydrogen-bond acceptors (Lipinski definition) is 5. The summed E-state index contributed by atoms with van der Waals surface area (Å²) in [6.07, 6.45) is 2.77. The molecule has 0 spiro atoms. The van der Waals surface area contributed by atoms with Crippen LogP contribution in [0.15, 0.2) is 29.5 Å². The molecule has 25 heavy (non-hydrogen) atoms. The number of carbonyl (C=O) groups is 1. The summed E-state index contributed by atoms with van der Waals surface area (Å²) in [7, 11) is 0. The minimum atomic E-state index is -0.476. The number of carbonyl (C=O) groups excluding carboxylic acids is 1. The van der Waals surface area contributed by atoms with Gasteiger partial charge in [0.1, 0.15) is 0 Å². The lowest BCUT2D eigenvalue weighted by molar-refractivity contribution is -0.385. The molecular weight excluding hydrogens is 342 g/mol. The Morgan fingerprint density at radius 2 is 2.20 bits per heavy atom. The molecule has 1 atom stereocenters. The number of Topliss-reactive ketones (excluding diaryl/α,β-unsaturated/α-hetero) is 1. The van der Waals surface area contributed by atoms with Crippen molar-refractivity contribution in [1.29, 1.82) is 0 Å². The van der Waals surface area contributed by atoms with Gasteiger partial charge in [-0.3, -0.25) is 14.9 Å². The average molecular weight is 361 g/mol. The third-order valence-corrected chi connectivity index (χ3v) is 4.48. The van der Waals surface area contributed by atoms with E-state index in [1.54, 1.807) is 12.1 Å². The third-order valence-electron chi connectivity index (χ3n) is 4.26. The van der Waals surface area contributed by atoms with Crippen LogP contribution in [-0.4, -0.2) is 22.4 Å². The van der Waals surface area contributed by atoms with Crippen LogP contribution >= 0.6 is 12.2 Å². The number of allylic oxidation sites excluding steroid dienone is 1. The number of nitro groups is 1. The zero-order chi connectivity index (χ0) is 18.0. The van der Waals surface area contributed by atoms with E-state index in [-0.39, 0.29) is 17.2 Å². The van der Waals surface area contributed by atoms with Crippen molar-refractivity contribution in [1.82, 2.24) is 10.6 Å². The van der Waals surface area contributed by atoms with Crippen molar-refractivity contribution in [2.75, 3.05) is 6.61 Å². The molecule has 1 unspecified atom stereocenters. The van der Waals surface area contributed by atoms with Crippen LogP contribution in [0.2, 0.25) is 0 Å². The normalized spacial score (nSPS) is 19.8. The summed E-state index contributed by atoms with van der Waals surface area (Å²) in [5.74, 6) is 0.277. The third kappa shape index (κ3) is 3.48. The molecule has 2 aliphatic rings. The number of rotatable bonds is 5. The van der Waals surface area contributed by atoms with Gasteiger partial charge in [-0.25, -0.2) is 0 Å². The Morgan fingerprint density at radius 1 is 1.40 bits per heavy atom. The smallest absolute Gasteiger partial charge is 0.311 e. The molecule has 1 aliphatic heterocycles. The Kier molecular flexibility index (Phi) is 4.98. The second kappa shape index (κ2) is 7.18. The molecule has 1 aromatic rings. The highest BCUT2D eigenvalue weighted by Gasteiger charge is 2.34. The topological polar surface area (TPSA) is 93.5 Å². The van der Waals surface area contributed by atoms with E-state index >= 15 is 0 Å². The zero-order valence-electron chi connectivity index (χ0n) is 13.8. The monoisotopic (exact) mass is 361 g/mol. The number of nitro benzene ring substituents is 1. The van der Waals surface area contributed by atoms with Crippen molar-refractivity contribution >= 4 is 28.8 Å². The van der Waals surface area contributed by atoms with Crippen molar-refractivity contribution in [3.8, 4) is 5.75 Å². The van der Waals surface area contributed by atoms with Gasteiger partial charge >= 0.3 is 5.69 Å². The van der Waals surface area contributed by atoms with Crippen LogP contribution in [0.4, 0.5) is 5.69 Å². The van der Waals surface area contributed by atoms with Crippen LogP contribution in [0.25, 0.3) is 0 Å². The highest BCUT2D eigenvalue weighted by atomic mass is 32.1. The Balaban J connectivity index is 2.02. The first-order valence-electron chi connectivity index (χ1n) is 8.26. The molecule has 1 aliphatic carbocycles. The summed E-state index contributed by atoms with van der Waals surface area (Å²) >= 11 is 5.23. The highest BCUT2D eigenvalue weighted by Crippen LogP contribution is 2.37. The molecule has 7 nitrogen and oxygen atoms in total. The number of nitrogens with zero attached hydrogens (tertiary/aromatic N) is 1. The van der Waals surface area contributed by atoms with Gasteiger partial charge in [-0.05, 0) is 43.1 Å². The maximum absolute atomic E-state index is 12.4. The zero-order valence-corrected chi connectivity index (χ0v) is 14.6. The molecule has 0 saturated carbocycles. The predicted octanol–water partition coefficient (Wildman–Crippen LogP) is 2.91. The van der Waals surface area contributed by atoms with Gasteiger partial charge in [0.2, 0.25) is 0 Å². The summed E-state index contributed by atoms with van der Waals surface area (Å²) in [5.41, 5.74) is 1.96. The first-order chi connectivity index (χ1) is 12.0. The van der Waals surface area contributed by atoms with E-state index in [4.69, 9.17) is 17.0 Å². The number of ether oxygens (including phenoxy) is 1. The van der Waals surface area contributed by atoms with E-state index < -0.39 is 11.0 Å². The van der Waals surface area contributed by atoms with Gasteiger partial charge in [-0.2, -0.15) is 0 Å². The molecule has 3 rings (SSSR count). The van der Waals surface area contributed by atoms with Crippen molar-refractivity contribution in [2.24, 2.45) is 0 Å². The standard InChI is InChI=1S/C17H19N3O4S/c1-2-8-24-14-7-6-10(9-12(14)20(22)23)16-15-11(18-17(25)19-16)4-3-5-13(15)21/h6-7,9,16H,2-5,8H2,1H3,(H2,18,19,25). The van der Waals surface area contributed by atoms with Gasteiger partial charge in [-0.15, -0.1) is 0 Å². The number of nitrogens with one attached hydrogen (secondary N) is 2. The Hall–Kier alpha value is -2.48. The summed E-state index contributed by atoms with van der Waals surface area (Å²) in [4.78, 5) is 23.4. The van der Waals surface area contributed by atoms with Gasteiger partial charge in [0.25, 0.3) is 0 Å². The fraction of sp³-hybridized carbons (Fsp3) is 0.412. The molecule has 132 valence electrons. The molecule has 2 N–H and O–H groups in total. The van der Waals surface area contributed by atoms with E-state index in [9.17, 15) is 14.9 Å². The van der Waals surface area contributed by atoms with Gasteiger partial charge in [0.05, 0.1) is 17.6 Å². The van der Waals surface area contributed by atoms with Crippen LogP contribution in [0.3, 0.4) is 0 Å². The average Bonchev–Trinajstić information content (AvgIpc) is 2.59. The van der Waals surface area contributed by atoms with Crippen LogP contribution in [0.5, 0.6) is 5.75 Å². The molecule has 8 heteroatoms. The number of hydrogen-bond donors (Lipinski definition) is 2. The van der Waals surface area contributed by atoms with E-state index in [2.05, 4.69) is 10.6 Å². The summed E-state index contributed by atoms with van der Waals surface area (Å²) < 4.78 is 5.46. The second-order valence-electron chi connectivity index (χ2n) is 6.03. The van der Waals surface area contributed by atoms with Crippen LogP contribution in [0, 0.1) is 10.1 Å². The first-order valence-corrected chi connectivity index (χ1v) is 8.67. The molecular formula is C17H19N3O4S. The molecule has 0 amide bonds. The molecule has 1 aromatic carbocycles. The van der Waals surface area contributed by atoms with E-state index in [0.717, 1.165) is 25.0 Å². The molecule has 1 heterocycles. The second-order valence-corrected chi connectivity index (χ2v) is 6.44. The largest absolute Gasteiger partial charge is 0.487 e. The van der Waals surface area contributed by atoms with Gasteiger partial charge in [0.15, 0.2) is 16.6 Å². The number of benzene rings is 1. The maximum atomic E-state index is 12.4. The maximum Gasteiger partial charge on any atom is 0.311 e. The number of thiocarbonyl (C=S) groups is 1. The summed E-state index contributed by atoms with van der Waals surface area (Å²) in [5, 5.41) is 18.0. The van der Waals surface area contributed by atoms with Gasteiger partial charge in [0, 0.05) is 23.8 Å². The SMILES string of the molecule is CCCOc1ccc(C2NC(=S)NC3=C2C(=O)CCC3)cc1[N+](=O)[O-]. The van der Waals surface area contributed by atoms with E-state index in [1.807, 2.05) is 6.92 Å². The highest BCUT2D eigenvalue weighted by molar-refractivity contribution is 7.80. The molecule has 0 saturated heterocycles. The lowest BCUT2D eigenvalue weighted by Crippen LogP contribution is -2.46. The van der Waals surface area contributed by atoms with E-state index in [0.29, 0.717) is 29.3 Å². The molecule has 0 fully saturated rings. The Bertz CT molecular complexity index is 775. The van der Waals surface area contributed by atoms with E-state index in [1.165, 1.54) is 6.07 Å². The summed E-state index contributed by atoms with van der Waals surface area (Å²) in [6, 6.07) is 4.32.